The summed E-state index contributed by atoms with van der Waals surface area (Å²) in [4.78, 5) is 0. The molecule has 2 aliphatic carbocycles. The van der Waals surface area contributed by atoms with Crippen LogP contribution in [0.3, 0.4) is 0 Å². The first-order valence-electron chi connectivity index (χ1n) is 11.2. The molecule has 1 aromatic carbocycles. The van der Waals surface area contributed by atoms with Crippen molar-refractivity contribution in [1.82, 2.24) is 0 Å². The lowest BCUT2D eigenvalue weighted by Gasteiger charge is -2.38. The van der Waals surface area contributed by atoms with Gasteiger partial charge in [0.2, 0.25) is 0 Å². The largest absolute Gasteiger partial charge is 0.489 e. The van der Waals surface area contributed by atoms with Gasteiger partial charge in [0.25, 0.3) is 0 Å². The molecule has 0 bridgehead atoms. The van der Waals surface area contributed by atoms with Crippen molar-refractivity contribution in [1.29, 1.82) is 5.26 Å². The molecule has 0 amide bonds. The Balaban J connectivity index is 1.38. The lowest BCUT2D eigenvalue weighted by atomic mass is 9.68. The molecule has 0 heterocycles. The van der Waals surface area contributed by atoms with Crippen molar-refractivity contribution >= 4 is 0 Å². The molecule has 152 valence electrons. The second-order valence-corrected chi connectivity index (χ2v) is 8.75. The monoisotopic (exact) mass is 383 g/mol. The van der Waals surface area contributed by atoms with Crippen molar-refractivity contribution in [3.8, 4) is 11.8 Å². The van der Waals surface area contributed by atoms with Crippen LogP contribution in [0.4, 0.5) is 4.39 Å². The fourth-order valence-electron chi connectivity index (χ4n) is 5.31. The summed E-state index contributed by atoms with van der Waals surface area (Å²) in [6.45, 7) is 2.77. The highest BCUT2D eigenvalue weighted by atomic mass is 19.1. The topological polar surface area (TPSA) is 33.0 Å². The number of halogens is 1. The average molecular weight is 384 g/mol. The lowest BCUT2D eigenvalue weighted by Crippen LogP contribution is -2.26. The van der Waals surface area contributed by atoms with Gasteiger partial charge in [-0.25, -0.2) is 4.39 Å². The number of rotatable bonds is 7. The molecular weight excluding hydrogens is 349 g/mol. The number of hydrogen-bond donors (Lipinski definition) is 0. The van der Waals surface area contributed by atoms with E-state index in [1.165, 1.54) is 76.3 Å². The zero-order valence-corrected chi connectivity index (χ0v) is 17.2. The van der Waals surface area contributed by atoms with Crippen LogP contribution in [-0.2, 0) is 0 Å². The molecule has 3 rings (SSSR count). The Labute approximate surface area is 169 Å². The molecule has 1 aromatic rings. The number of nitriles is 1. The van der Waals surface area contributed by atoms with Crippen molar-refractivity contribution in [3.05, 3.63) is 41.7 Å². The van der Waals surface area contributed by atoms with Gasteiger partial charge in [-0.1, -0.05) is 51.2 Å². The molecule has 3 heteroatoms. The van der Waals surface area contributed by atoms with E-state index < -0.39 is 5.82 Å². The van der Waals surface area contributed by atoms with Gasteiger partial charge in [-0.15, -0.1) is 0 Å². The SMILES string of the molecule is CCCC1CCCC(C2CCC(/C=C/COc3ccc(C#N)c(F)c3)CC2)C1. The average Bonchev–Trinajstić information content (AvgIpc) is 2.72. The van der Waals surface area contributed by atoms with E-state index in [2.05, 4.69) is 19.1 Å². The minimum absolute atomic E-state index is 0.0543. The van der Waals surface area contributed by atoms with Gasteiger partial charge < -0.3 is 4.74 Å². The zero-order valence-electron chi connectivity index (χ0n) is 17.2. The first-order chi connectivity index (χ1) is 13.7. The number of hydrogen-bond acceptors (Lipinski definition) is 2. The summed E-state index contributed by atoms with van der Waals surface area (Å²) in [6, 6.07) is 6.22. The summed E-state index contributed by atoms with van der Waals surface area (Å²) >= 11 is 0. The van der Waals surface area contributed by atoms with E-state index >= 15 is 0 Å². The van der Waals surface area contributed by atoms with E-state index in [9.17, 15) is 4.39 Å². The lowest BCUT2D eigenvalue weighted by molar-refractivity contribution is 0.144. The predicted molar refractivity (Wildman–Crippen MR) is 112 cm³/mol. The van der Waals surface area contributed by atoms with Crippen molar-refractivity contribution in [2.45, 2.75) is 71.1 Å². The summed E-state index contributed by atoms with van der Waals surface area (Å²) in [5.74, 6) is 3.53. The molecule has 0 aliphatic heterocycles. The summed E-state index contributed by atoms with van der Waals surface area (Å²) in [7, 11) is 0. The summed E-state index contributed by atoms with van der Waals surface area (Å²) < 4.78 is 19.2. The number of ether oxygens (including phenoxy) is 1. The Hall–Kier alpha value is -1.82. The summed E-state index contributed by atoms with van der Waals surface area (Å²) in [5, 5.41) is 8.76. The summed E-state index contributed by atoms with van der Waals surface area (Å²) in [6.07, 6.45) is 18.3. The normalized spacial score (nSPS) is 28.2. The fourth-order valence-corrected chi connectivity index (χ4v) is 5.31. The third kappa shape index (κ3) is 5.84. The van der Waals surface area contributed by atoms with Gasteiger partial charge in [0.15, 0.2) is 0 Å². The molecule has 28 heavy (non-hydrogen) atoms. The molecule has 2 atom stereocenters. The second kappa shape index (κ2) is 10.6. The van der Waals surface area contributed by atoms with Gasteiger partial charge >= 0.3 is 0 Å². The smallest absolute Gasteiger partial charge is 0.144 e. The van der Waals surface area contributed by atoms with Gasteiger partial charge in [0.1, 0.15) is 24.2 Å². The highest BCUT2D eigenvalue weighted by Crippen LogP contribution is 2.42. The fraction of sp³-hybridized carbons (Fsp3) is 0.640. The van der Waals surface area contributed by atoms with Crippen molar-refractivity contribution in [2.24, 2.45) is 23.7 Å². The standard InChI is InChI=1S/C25H34FNO/c1-2-5-20-6-3-8-22(16-20)21-11-9-19(10-12-21)7-4-15-28-24-14-13-23(18-27)25(26)17-24/h4,7,13-14,17,19-22H,2-3,5-6,8-12,15-16H2,1H3/b7-4+. The van der Waals surface area contributed by atoms with Crippen LogP contribution in [0.5, 0.6) is 5.75 Å². The third-order valence-corrected chi connectivity index (χ3v) is 6.82. The van der Waals surface area contributed by atoms with E-state index in [0.717, 1.165) is 17.8 Å². The minimum Gasteiger partial charge on any atom is -0.489 e. The Morgan fingerprint density at radius 1 is 1.14 bits per heavy atom. The molecule has 2 nitrogen and oxygen atoms in total. The Morgan fingerprint density at radius 2 is 1.96 bits per heavy atom. The van der Waals surface area contributed by atoms with Gasteiger partial charge in [-0.05, 0) is 67.9 Å². The van der Waals surface area contributed by atoms with Crippen LogP contribution in [0.1, 0.15) is 76.7 Å². The van der Waals surface area contributed by atoms with Crippen molar-refractivity contribution in [3.63, 3.8) is 0 Å². The molecule has 0 aromatic heterocycles. The first kappa shape index (κ1) is 20.9. The van der Waals surface area contributed by atoms with Crippen LogP contribution in [0.2, 0.25) is 0 Å². The highest BCUT2D eigenvalue weighted by molar-refractivity contribution is 5.36. The van der Waals surface area contributed by atoms with Crippen LogP contribution in [0.15, 0.2) is 30.4 Å². The highest BCUT2D eigenvalue weighted by Gasteiger charge is 2.30. The maximum Gasteiger partial charge on any atom is 0.144 e. The molecule has 2 unspecified atom stereocenters. The van der Waals surface area contributed by atoms with Crippen molar-refractivity contribution < 1.29 is 9.13 Å². The van der Waals surface area contributed by atoms with Gasteiger partial charge in [-0.3, -0.25) is 0 Å². The predicted octanol–water partition coefficient (Wildman–Crippen LogP) is 7.05. The van der Waals surface area contributed by atoms with Crippen LogP contribution >= 0.6 is 0 Å². The molecule has 0 N–H and O–H groups in total. The van der Waals surface area contributed by atoms with Crippen molar-refractivity contribution in [2.75, 3.05) is 6.61 Å². The number of allylic oxidation sites excluding steroid dienone is 1. The number of nitrogens with zero attached hydrogens (tertiary/aromatic N) is 1. The molecule has 2 fully saturated rings. The van der Waals surface area contributed by atoms with E-state index in [4.69, 9.17) is 10.00 Å². The second-order valence-electron chi connectivity index (χ2n) is 8.75. The van der Waals surface area contributed by atoms with E-state index in [-0.39, 0.29) is 5.56 Å². The van der Waals surface area contributed by atoms with Crippen LogP contribution in [0, 0.1) is 40.8 Å². The van der Waals surface area contributed by atoms with Gasteiger partial charge in [0.05, 0.1) is 5.56 Å². The van der Waals surface area contributed by atoms with Crippen LogP contribution in [0.25, 0.3) is 0 Å². The summed E-state index contributed by atoms with van der Waals surface area (Å²) in [5.41, 5.74) is 0.0543. The molecule has 2 saturated carbocycles. The Morgan fingerprint density at radius 3 is 2.68 bits per heavy atom. The maximum atomic E-state index is 13.6. The van der Waals surface area contributed by atoms with Crippen LogP contribution in [-0.4, -0.2) is 6.61 Å². The third-order valence-electron chi connectivity index (χ3n) is 6.82. The van der Waals surface area contributed by atoms with Gasteiger partial charge in [-0.2, -0.15) is 5.26 Å². The quantitative estimate of drug-likeness (QED) is 0.473. The van der Waals surface area contributed by atoms with Crippen LogP contribution < -0.4 is 4.74 Å². The molecular formula is C25H34FNO. The van der Waals surface area contributed by atoms with Gasteiger partial charge in [0, 0.05) is 6.07 Å². The van der Waals surface area contributed by atoms with E-state index in [0.29, 0.717) is 18.3 Å². The zero-order chi connectivity index (χ0) is 19.8. The molecule has 0 radical (unpaired) electrons. The molecule has 0 saturated heterocycles. The Bertz CT molecular complexity index is 682. The first-order valence-corrected chi connectivity index (χ1v) is 11.2. The Kier molecular flexibility index (Phi) is 7.95. The van der Waals surface area contributed by atoms with E-state index in [1.54, 1.807) is 6.07 Å². The molecule has 0 spiro atoms. The maximum absolute atomic E-state index is 13.6. The number of benzene rings is 1. The molecule has 2 aliphatic rings. The van der Waals surface area contributed by atoms with E-state index in [1.807, 2.05) is 6.07 Å². The minimum atomic E-state index is -0.522.